The number of hydrogen-bond acceptors (Lipinski definition) is 6. The number of ether oxygens (including phenoxy) is 1. The van der Waals surface area contributed by atoms with Gasteiger partial charge in [-0.05, 0) is 89.5 Å². The van der Waals surface area contributed by atoms with Gasteiger partial charge in [0.25, 0.3) is 0 Å². The van der Waals surface area contributed by atoms with Gasteiger partial charge in [-0.15, -0.1) is 0 Å². The van der Waals surface area contributed by atoms with E-state index >= 15 is 0 Å². The van der Waals surface area contributed by atoms with Gasteiger partial charge in [0, 0.05) is 44.3 Å². The molecule has 2 aliphatic heterocycles. The molecule has 3 aliphatic rings. The van der Waals surface area contributed by atoms with Gasteiger partial charge in [0.05, 0.1) is 5.92 Å². The molecule has 0 aromatic heterocycles. The average Bonchev–Trinajstić information content (AvgIpc) is 2.83. The molecule has 1 aromatic carbocycles. The molecule has 0 bridgehead atoms. The fourth-order valence-electron chi connectivity index (χ4n) is 5.59. The highest BCUT2D eigenvalue weighted by Gasteiger charge is 2.28. The van der Waals surface area contributed by atoms with E-state index in [9.17, 15) is 14.4 Å². The van der Waals surface area contributed by atoms with E-state index in [0.29, 0.717) is 12.8 Å². The van der Waals surface area contributed by atoms with E-state index in [1.807, 2.05) is 32.9 Å². The van der Waals surface area contributed by atoms with Gasteiger partial charge in [-0.3, -0.25) is 19.8 Å². The quantitative estimate of drug-likeness (QED) is 0.580. The highest BCUT2D eigenvalue weighted by molar-refractivity contribution is 6.00. The van der Waals surface area contributed by atoms with Crippen molar-refractivity contribution < 1.29 is 19.1 Å². The Kier molecular flexibility index (Phi) is 8.54. The third-order valence-electron chi connectivity index (χ3n) is 7.69. The third kappa shape index (κ3) is 7.45. The normalized spacial score (nSPS) is 25.9. The Bertz CT molecular complexity index is 910. The van der Waals surface area contributed by atoms with E-state index in [1.165, 1.54) is 24.9 Å². The molecule has 36 heavy (non-hydrogen) atoms. The number of carbonyl (C=O) groups excluding carboxylic acids is 3. The zero-order valence-electron chi connectivity index (χ0n) is 22.1. The molecular formula is C28H42N4O4. The summed E-state index contributed by atoms with van der Waals surface area (Å²) in [6, 6.07) is 8.53. The average molecular weight is 499 g/mol. The minimum Gasteiger partial charge on any atom is -0.444 e. The van der Waals surface area contributed by atoms with E-state index in [2.05, 4.69) is 32.6 Å². The van der Waals surface area contributed by atoms with Crippen molar-refractivity contribution in [3.05, 3.63) is 29.8 Å². The maximum absolute atomic E-state index is 12.1. The molecule has 2 heterocycles. The van der Waals surface area contributed by atoms with Crippen LogP contribution in [-0.4, -0.2) is 67.2 Å². The second-order valence-corrected chi connectivity index (χ2v) is 11.6. The number of piperidine rings is 1. The Balaban J connectivity index is 1.14. The Morgan fingerprint density at radius 1 is 1.00 bits per heavy atom. The minimum absolute atomic E-state index is 0.173. The molecule has 198 valence electrons. The van der Waals surface area contributed by atoms with Crippen LogP contribution in [0.1, 0.15) is 77.2 Å². The van der Waals surface area contributed by atoms with Gasteiger partial charge in [-0.2, -0.15) is 0 Å². The summed E-state index contributed by atoms with van der Waals surface area (Å²) in [5.74, 6) is 0.158. The topological polar surface area (TPSA) is 91.0 Å². The van der Waals surface area contributed by atoms with Crippen LogP contribution in [0.25, 0.3) is 0 Å². The summed E-state index contributed by atoms with van der Waals surface area (Å²) >= 11 is 0. The van der Waals surface area contributed by atoms with Crippen LogP contribution in [0.5, 0.6) is 0 Å². The fraction of sp³-hybridized carbons (Fsp3) is 0.679. The molecule has 3 fully saturated rings. The summed E-state index contributed by atoms with van der Waals surface area (Å²) < 4.78 is 5.39. The van der Waals surface area contributed by atoms with Crippen LogP contribution in [0.2, 0.25) is 0 Å². The van der Waals surface area contributed by atoms with E-state index in [-0.39, 0.29) is 29.9 Å². The van der Waals surface area contributed by atoms with Gasteiger partial charge in [-0.25, -0.2) is 4.79 Å². The lowest BCUT2D eigenvalue weighted by atomic mass is 9.84. The maximum Gasteiger partial charge on any atom is 0.407 e. The van der Waals surface area contributed by atoms with Gasteiger partial charge in [0.1, 0.15) is 5.60 Å². The number of benzene rings is 1. The first kappa shape index (κ1) is 26.5. The molecule has 1 aromatic rings. The number of amides is 3. The molecular weight excluding hydrogens is 456 g/mol. The molecule has 1 unspecified atom stereocenters. The first-order chi connectivity index (χ1) is 17.2. The molecule has 8 heteroatoms. The third-order valence-corrected chi connectivity index (χ3v) is 7.69. The number of hydrogen-bond donors (Lipinski definition) is 2. The van der Waals surface area contributed by atoms with Crippen molar-refractivity contribution in [1.82, 2.24) is 15.5 Å². The van der Waals surface area contributed by atoms with Crippen LogP contribution < -0.4 is 15.5 Å². The van der Waals surface area contributed by atoms with Gasteiger partial charge in [-0.1, -0.05) is 12.1 Å². The number of carbonyl (C=O) groups is 3. The maximum atomic E-state index is 12.1. The predicted molar refractivity (Wildman–Crippen MR) is 140 cm³/mol. The van der Waals surface area contributed by atoms with Gasteiger partial charge in [0.2, 0.25) is 11.8 Å². The summed E-state index contributed by atoms with van der Waals surface area (Å²) in [4.78, 5) is 40.5. The Morgan fingerprint density at radius 3 is 2.28 bits per heavy atom. The van der Waals surface area contributed by atoms with Crippen molar-refractivity contribution in [3.8, 4) is 0 Å². The van der Waals surface area contributed by atoms with E-state index < -0.39 is 5.60 Å². The molecule has 0 spiro atoms. The molecule has 1 aliphatic carbocycles. The zero-order chi connectivity index (χ0) is 25.7. The van der Waals surface area contributed by atoms with Crippen LogP contribution in [0.4, 0.5) is 10.5 Å². The van der Waals surface area contributed by atoms with Gasteiger partial charge in [0.15, 0.2) is 0 Å². The summed E-state index contributed by atoms with van der Waals surface area (Å²) in [6.45, 7) is 10.9. The molecule has 0 radical (unpaired) electrons. The van der Waals surface area contributed by atoms with Crippen molar-refractivity contribution in [2.24, 2.45) is 5.92 Å². The van der Waals surface area contributed by atoms with Gasteiger partial charge < -0.3 is 15.0 Å². The first-order valence-electron chi connectivity index (χ1n) is 13.6. The SMILES string of the molecule is CC(C)(C)OC(=O)NC1CCC(CCN2CCN(c3ccc(C4CCC(=O)NC4=O)cc3)CC2)CC1. The van der Waals surface area contributed by atoms with E-state index in [4.69, 9.17) is 4.74 Å². The standard InChI is InChI=1S/C28H42N4O4/c1-28(2,3)36-27(35)29-22-8-4-20(5-9-22)14-15-31-16-18-32(19-17-31)23-10-6-21(7-11-23)24-12-13-25(33)30-26(24)34/h6-7,10-11,20,22,24H,4-5,8-9,12-19H2,1-3H3,(H,29,35)(H,30,33,34). The largest absolute Gasteiger partial charge is 0.444 e. The summed E-state index contributed by atoms with van der Waals surface area (Å²) in [6.07, 6.45) is 6.32. The lowest BCUT2D eigenvalue weighted by Gasteiger charge is -2.37. The molecule has 4 rings (SSSR count). The highest BCUT2D eigenvalue weighted by Crippen LogP contribution is 2.29. The lowest BCUT2D eigenvalue weighted by Crippen LogP contribution is -2.47. The molecule has 8 nitrogen and oxygen atoms in total. The number of anilines is 1. The number of piperazine rings is 1. The van der Waals surface area contributed by atoms with E-state index in [1.54, 1.807) is 0 Å². The predicted octanol–water partition coefficient (Wildman–Crippen LogP) is 3.80. The number of rotatable bonds is 6. The fourth-order valence-corrected chi connectivity index (χ4v) is 5.59. The van der Waals surface area contributed by atoms with Crippen LogP contribution in [0, 0.1) is 5.92 Å². The van der Waals surface area contributed by atoms with Crippen LogP contribution in [0.15, 0.2) is 24.3 Å². The smallest absolute Gasteiger partial charge is 0.407 e. The minimum atomic E-state index is -0.454. The van der Waals surface area contributed by atoms with Gasteiger partial charge >= 0.3 is 6.09 Å². The van der Waals surface area contributed by atoms with E-state index in [0.717, 1.165) is 57.0 Å². The molecule has 2 N–H and O–H groups in total. The summed E-state index contributed by atoms with van der Waals surface area (Å²) in [5, 5.41) is 5.48. The highest BCUT2D eigenvalue weighted by atomic mass is 16.6. The molecule has 1 atom stereocenters. The Labute approximate surface area is 215 Å². The molecule has 3 amide bonds. The second-order valence-electron chi connectivity index (χ2n) is 11.6. The van der Waals surface area contributed by atoms with Crippen LogP contribution >= 0.6 is 0 Å². The number of nitrogens with one attached hydrogen (secondary N) is 2. The number of alkyl carbamates (subject to hydrolysis) is 1. The zero-order valence-corrected chi connectivity index (χ0v) is 22.1. The lowest BCUT2D eigenvalue weighted by molar-refractivity contribution is -0.134. The van der Waals surface area contributed by atoms with Crippen molar-refractivity contribution in [1.29, 1.82) is 0 Å². The molecule has 2 saturated heterocycles. The van der Waals surface area contributed by atoms with Crippen molar-refractivity contribution in [2.45, 2.75) is 83.3 Å². The van der Waals surface area contributed by atoms with Crippen LogP contribution in [0.3, 0.4) is 0 Å². The van der Waals surface area contributed by atoms with Crippen molar-refractivity contribution in [2.75, 3.05) is 37.6 Å². The second kappa shape index (κ2) is 11.6. The monoisotopic (exact) mass is 498 g/mol. The van der Waals surface area contributed by atoms with Crippen molar-refractivity contribution >= 4 is 23.6 Å². The molecule has 1 saturated carbocycles. The number of imide groups is 1. The summed E-state index contributed by atoms with van der Waals surface area (Å²) in [5.41, 5.74) is 1.73. The summed E-state index contributed by atoms with van der Waals surface area (Å²) in [7, 11) is 0. The first-order valence-corrected chi connectivity index (χ1v) is 13.6. The van der Waals surface area contributed by atoms with Crippen molar-refractivity contribution in [3.63, 3.8) is 0 Å². The number of nitrogens with zero attached hydrogens (tertiary/aromatic N) is 2. The van der Waals surface area contributed by atoms with Crippen LogP contribution in [-0.2, 0) is 14.3 Å². The Morgan fingerprint density at radius 2 is 1.67 bits per heavy atom. The Hall–Kier alpha value is -2.61.